The summed E-state index contributed by atoms with van der Waals surface area (Å²) in [5, 5.41) is 4.44. The molecule has 1 aliphatic rings. The first-order chi connectivity index (χ1) is 14.6. The van der Waals surface area contributed by atoms with Crippen molar-refractivity contribution in [3.8, 4) is 0 Å². The molecule has 0 radical (unpaired) electrons. The van der Waals surface area contributed by atoms with Crippen LogP contribution < -0.4 is 11.3 Å². The van der Waals surface area contributed by atoms with Gasteiger partial charge >= 0.3 is 11.3 Å². The highest BCUT2D eigenvalue weighted by Crippen LogP contribution is 2.21. The second-order valence-electron chi connectivity index (χ2n) is 7.52. The van der Waals surface area contributed by atoms with Gasteiger partial charge < -0.3 is 23.4 Å². The zero-order chi connectivity index (χ0) is 20.9. The molecule has 3 aromatic heterocycles. The third kappa shape index (κ3) is 4.86. The molecular weight excluding hydrogens is 388 g/mol. The largest absolute Gasteiger partial charge is 0.421 e. The van der Waals surface area contributed by atoms with Crippen LogP contribution in [0.4, 0.5) is 0 Å². The lowest BCUT2D eigenvalue weighted by atomic mass is 10.2. The molecule has 9 heteroatoms. The van der Waals surface area contributed by atoms with Crippen molar-refractivity contribution in [2.24, 2.45) is 0 Å². The van der Waals surface area contributed by atoms with Gasteiger partial charge in [-0.05, 0) is 38.6 Å². The second kappa shape index (κ2) is 9.38. The van der Waals surface area contributed by atoms with E-state index in [0.717, 1.165) is 57.7 Å². The molecule has 3 aromatic rings. The number of unbranched alkanes of at least 4 members (excludes halogenated alkanes) is 1. The van der Waals surface area contributed by atoms with Gasteiger partial charge in [-0.3, -0.25) is 0 Å². The van der Waals surface area contributed by atoms with Crippen LogP contribution in [0.3, 0.4) is 0 Å². The minimum Gasteiger partial charge on any atom is -0.421 e. The van der Waals surface area contributed by atoms with Gasteiger partial charge in [-0.1, -0.05) is 0 Å². The van der Waals surface area contributed by atoms with Gasteiger partial charge in [-0.25, -0.2) is 14.1 Å². The number of hydrogen-bond acceptors (Lipinski definition) is 8. The highest BCUT2D eigenvalue weighted by Gasteiger charge is 2.15. The Balaban J connectivity index is 1.42. The molecule has 30 heavy (non-hydrogen) atoms. The van der Waals surface area contributed by atoms with Crippen molar-refractivity contribution >= 4 is 16.7 Å². The molecule has 0 aliphatic carbocycles. The van der Waals surface area contributed by atoms with E-state index in [1.54, 1.807) is 18.3 Å². The standard InChI is InChI=1S/C21H26N4O5/c1-23-10-12-24(13-11-23)8-2-3-14-28-15-16-21-20-17(5-4-9-25(20)22-16)29-18(26)6-7-19(27)30-21/h4-7,9H,2-3,8,10-15H2,1H3. The van der Waals surface area contributed by atoms with Gasteiger partial charge in [0.2, 0.25) is 0 Å². The molecule has 0 aromatic carbocycles. The molecule has 0 spiro atoms. The SMILES string of the molecule is CN1CCN(CCCCOCc2nn3cccc4oc(=O)ccc(=O)oc2c43)CC1. The molecule has 1 saturated heterocycles. The predicted octanol–water partition coefficient (Wildman–Crippen LogP) is 1.50. The zero-order valence-corrected chi connectivity index (χ0v) is 17.1. The summed E-state index contributed by atoms with van der Waals surface area (Å²) in [6.45, 7) is 6.36. The summed E-state index contributed by atoms with van der Waals surface area (Å²) in [5.41, 5.74) is 0.146. The average Bonchev–Trinajstić information content (AvgIpc) is 3.10. The highest BCUT2D eigenvalue weighted by atomic mass is 16.5. The number of pyridine rings is 1. The van der Waals surface area contributed by atoms with E-state index in [2.05, 4.69) is 21.9 Å². The maximum absolute atomic E-state index is 12.0. The lowest BCUT2D eigenvalue weighted by Crippen LogP contribution is -2.44. The maximum atomic E-state index is 12.0. The van der Waals surface area contributed by atoms with Gasteiger partial charge in [0.05, 0.1) is 6.61 Å². The van der Waals surface area contributed by atoms with Crippen LogP contribution in [0, 0.1) is 0 Å². The molecule has 0 saturated carbocycles. The molecule has 4 heterocycles. The Kier molecular flexibility index (Phi) is 6.41. The van der Waals surface area contributed by atoms with E-state index in [1.165, 1.54) is 4.52 Å². The monoisotopic (exact) mass is 414 g/mol. The van der Waals surface area contributed by atoms with Gasteiger partial charge in [0.15, 0.2) is 16.7 Å². The Labute approximate surface area is 173 Å². The topological polar surface area (TPSA) is 93.4 Å². The third-order valence-corrected chi connectivity index (χ3v) is 5.26. The van der Waals surface area contributed by atoms with Gasteiger partial charge in [-0.2, -0.15) is 5.10 Å². The van der Waals surface area contributed by atoms with Crippen LogP contribution in [0.25, 0.3) is 16.7 Å². The summed E-state index contributed by atoms with van der Waals surface area (Å²) in [4.78, 5) is 28.7. The van der Waals surface area contributed by atoms with Crippen LogP contribution in [0.2, 0.25) is 0 Å². The van der Waals surface area contributed by atoms with E-state index < -0.39 is 11.3 Å². The molecule has 0 unspecified atom stereocenters. The predicted molar refractivity (Wildman–Crippen MR) is 111 cm³/mol. The molecule has 0 N–H and O–H groups in total. The Hall–Kier alpha value is -2.75. The van der Waals surface area contributed by atoms with E-state index >= 15 is 0 Å². The summed E-state index contributed by atoms with van der Waals surface area (Å²) in [7, 11) is 2.16. The molecule has 0 bridgehead atoms. The molecule has 0 amide bonds. The number of nitrogens with zero attached hydrogens (tertiary/aromatic N) is 4. The lowest BCUT2D eigenvalue weighted by molar-refractivity contribution is 0.107. The fraction of sp³-hybridized carbons (Fsp3) is 0.476. The number of likely N-dealkylation sites (N-methyl/N-ethyl adjacent to an activating group) is 1. The number of aromatic nitrogens is 2. The molecular formula is C21H26N4O5. The van der Waals surface area contributed by atoms with Crippen LogP contribution in [0.1, 0.15) is 18.5 Å². The third-order valence-electron chi connectivity index (χ3n) is 5.26. The first-order valence-corrected chi connectivity index (χ1v) is 10.2. The normalized spacial score (nSPS) is 15.8. The first-order valence-electron chi connectivity index (χ1n) is 10.2. The van der Waals surface area contributed by atoms with Crippen LogP contribution in [0.15, 0.2) is 48.9 Å². The molecule has 1 aliphatic heterocycles. The van der Waals surface area contributed by atoms with Gasteiger partial charge in [-0.15, -0.1) is 0 Å². The summed E-state index contributed by atoms with van der Waals surface area (Å²) in [5.74, 6) is 0. The summed E-state index contributed by atoms with van der Waals surface area (Å²) >= 11 is 0. The number of ether oxygens (including phenoxy) is 1. The molecule has 9 nitrogen and oxygen atoms in total. The van der Waals surface area contributed by atoms with E-state index in [4.69, 9.17) is 13.6 Å². The minimum atomic E-state index is -0.660. The summed E-state index contributed by atoms with van der Waals surface area (Å²) < 4.78 is 18.1. The maximum Gasteiger partial charge on any atom is 0.336 e. The van der Waals surface area contributed by atoms with Crippen molar-refractivity contribution in [2.75, 3.05) is 46.4 Å². The van der Waals surface area contributed by atoms with Crippen molar-refractivity contribution in [3.63, 3.8) is 0 Å². The molecule has 4 rings (SSSR count). The van der Waals surface area contributed by atoms with Crippen molar-refractivity contribution in [3.05, 3.63) is 57.0 Å². The zero-order valence-electron chi connectivity index (χ0n) is 17.1. The van der Waals surface area contributed by atoms with E-state index in [1.807, 2.05) is 0 Å². The first kappa shape index (κ1) is 20.5. The molecule has 160 valence electrons. The average molecular weight is 414 g/mol. The van der Waals surface area contributed by atoms with Crippen LogP contribution in [-0.4, -0.2) is 65.8 Å². The Bertz CT molecular complexity index is 1140. The van der Waals surface area contributed by atoms with Crippen molar-refractivity contribution in [1.82, 2.24) is 19.4 Å². The highest BCUT2D eigenvalue weighted by molar-refractivity contribution is 5.88. The minimum absolute atomic E-state index is 0.204. The van der Waals surface area contributed by atoms with E-state index in [0.29, 0.717) is 17.8 Å². The van der Waals surface area contributed by atoms with Gasteiger partial charge in [0, 0.05) is 51.1 Å². The fourth-order valence-corrected chi connectivity index (χ4v) is 3.57. The quantitative estimate of drug-likeness (QED) is 0.537. The van der Waals surface area contributed by atoms with E-state index in [-0.39, 0.29) is 17.8 Å². The Morgan fingerprint density at radius 1 is 1.03 bits per heavy atom. The Morgan fingerprint density at radius 3 is 2.60 bits per heavy atom. The number of piperazine rings is 1. The summed E-state index contributed by atoms with van der Waals surface area (Å²) in [6.07, 6.45) is 3.72. The molecule has 1 fully saturated rings. The Morgan fingerprint density at radius 2 is 1.80 bits per heavy atom. The van der Waals surface area contributed by atoms with E-state index in [9.17, 15) is 9.59 Å². The van der Waals surface area contributed by atoms with Crippen LogP contribution >= 0.6 is 0 Å². The van der Waals surface area contributed by atoms with Crippen molar-refractivity contribution in [1.29, 1.82) is 0 Å². The second-order valence-corrected chi connectivity index (χ2v) is 7.52. The van der Waals surface area contributed by atoms with Crippen molar-refractivity contribution in [2.45, 2.75) is 19.4 Å². The molecule has 0 atom stereocenters. The fourth-order valence-electron chi connectivity index (χ4n) is 3.57. The van der Waals surface area contributed by atoms with Crippen LogP contribution in [-0.2, 0) is 11.3 Å². The summed E-state index contributed by atoms with van der Waals surface area (Å²) in [6, 6.07) is 5.43. The van der Waals surface area contributed by atoms with Gasteiger partial charge in [0.25, 0.3) is 0 Å². The van der Waals surface area contributed by atoms with Crippen LogP contribution in [0.5, 0.6) is 0 Å². The van der Waals surface area contributed by atoms with Crippen molar-refractivity contribution < 1.29 is 13.6 Å². The van der Waals surface area contributed by atoms with Gasteiger partial charge in [0.1, 0.15) is 5.69 Å². The number of hydrogen-bond donors (Lipinski definition) is 0. The smallest absolute Gasteiger partial charge is 0.336 e. The number of rotatable bonds is 7. The lowest BCUT2D eigenvalue weighted by Gasteiger charge is -2.32.